The lowest BCUT2D eigenvalue weighted by atomic mass is 10.1. The molecule has 1 N–H and O–H groups in total. The molecule has 0 unspecified atom stereocenters. The molecule has 2 aromatic carbocycles. The number of fused-ring (bicyclic) bond motifs is 1. The van der Waals surface area contributed by atoms with Crippen molar-refractivity contribution in [2.75, 3.05) is 32.8 Å². The van der Waals surface area contributed by atoms with E-state index in [1.807, 2.05) is 18.2 Å². The maximum atomic E-state index is 12.7. The zero-order chi connectivity index (χ0) is 19.7. The Morgan fingerprint density at radius 2 is 1.36 bits per heavy atom. The molecule has 0 saturated carbocycles. The number of carbonyl (C=O) groups excluding carboxylic acids is 2. The number of amides is 2. The highest BCUT2D eigenvalue weighted by molar-refractivity contribution is 7.88. The normalized spacial score (nSPS) is 18.5. The third-order valence-electron chi connectivity index (χ3n) is 5.27. The van der Waals surface area contributed by atoms with Gasteiger partial charge in [0.15, 0.2) is 6.67 Å². The Hall–Kier alpha value is -2.55. The molecule has 0 spiro atoms. The van der Waals surface area contributed by atoms with E-state index < -0.39 is 10.0 Å². The minimum Gasteiger partial charge on any atom is -0.315 e. The summed E-state index contributed by atoms with van der Waals surface area (Å²) in [5, 5.41) is 0. The van der Waals surface area contributed by atoms with E-state index in [2.05, 4.69) is 0 Å². The van der Waals surface area contributed by atoms with Crippen molar-refractivity contribution in [3.8, 4) is 0 Å². The van der Waals surface area contributed by atoms with Crippen LogP contribution in [-0.2, 0) is 15.8 Å². The zero-order valence-electron chi connectivity index (χ0n) is 15.4. The van der Waals surface area contributed by atoms with Crippen LogP contribution in [0.4, 0.5) is 0 Å². The molecular weight excluding hydrogens is 378 g/mol. The number of nitrogens with zero attached hydrogens (tertiary/aromatic N) is 2. The van der Waals surface area contributed by atoms with Crippen LogP contribution in [0.25, 0.3) is 0 Å². The quantitative estimate of drug-likeness (QED) is 0.715. The number of piperazine rings is 1. The van der Waals surface area contributed by atoms with Crippen molar-refractivity contribution in [2.24, 2.45) is 0 Å². The van der Waals surface area contributed by atoms with Crippen LogP contribution in [0.5, 0.6) is 0 Å². The van der Waals surface area contributed by atoms with Gasteiger partial charge in [-0.05, 0) is 17.7 Å². The number of sulfonamides is 1. The fourth-order valence-electron chi connectivity index (χ4n) is 3.72. The lowest BCUT2D eigenvalue weighted by Gasteiger charge is -2.32. The fourth-order valence-corrected chi connectivity index (χ4v) is 5.26. The summed E-state index contributed by atoms with van der Waals surface area (Å²) in [5.74, 6) is -0.554. The monoisotopic (exact) mass is 400 g/mol. The highest BCUT2D eigenvalue weighted by atomic mass is 32.2. The Kier molecular flexibility index (Phi) is 5.01. The Bertz CT molecular complexity index is 964. The lowest BCUT2D eigenvalue weighted by Crippen LogP contribution is -3.16. The first-order valence-corrected chi connectivity index (χ1v) is 10.9. The molecule has 28 heavy (non-hydrogen) atoms. The largest absolute Gasteiger partial charge is 0.315 e. The molecule has 4 rings (SSSR count). The second-order valence-corrected chi connectivity index (χ2v) is 9.10. The molecule has 2 heterocycles. The number of carbonyl (C=O) groups is 2. The number of rotatable bonds is 5. The molecular formula is C20H22N3O4S+. The molecule has 0 aromatic heterocycles. The van der Waals surface area contributed by atoms with E-state index in [9.17, 15) is 18.0 Å². The Balaban J connectivity index is 1.36. The van der Waals surface area contributed by atoms with Crippen LogP contribution >= 0.6 is 0 Å². The van der Waals surface area contributed by atoms with Gasteiger partial charge in [-0.25, -0.2) is 13.3 Å². The maximum Gasteiger partial charge on any atom is 0.265 e. The van der Waals surface area contributed by atoms with Crippen LogP contribution in [0, 0.1) is 0 Å². The number of hydrogen-bond acceptors (Lipinski definition) is 4. The number of imide groups is 1. The predicted molar refractivity (Wildman–Crippen MR) is 103 cm³/mol. The topological polar surface area (TPSA) is 79.2 Å². The van der Waals surface area contributed by atoms with Gasteiger partial charge in [0, 0.05) is 0 Å². The average molecular weight is 400 g/mol. The van der Waals surface area contributed by atoms with Crippen LogP contribution in [-0.4, -0.2) is 62.3 Å². The van der Waals surface area contributed by atoms with Crippen molar-refractivity contribution >= 4 is 21.8 Å². The van der Waals surface area contributed by atoms with E-state index in [0.717, 1.165) is 10.5 Å². The molecule has 0 aliphatic carbocycles. The first-order chi connectivity index (χ1) is 13.5. The van der Waals surface area contributed by atoms with Gasteiger partial charge in [-0.15, -0.1) is 0 Å². The van der Waals surface area contributed by atoms with E-state index >= 15 is 0 Å². The Morgan fingerprint density at radius 3 is 1.93 bits per heavy atom. The average Bonchev–Trinajstić information content (AvgIpc) is 2.94. The first kappa shape index (κ1) is 18.8. The second kappa shape index (κ2) is 7.46. The fraction of sp³-hybridized carbons (Fsp3) is 0.300. The molecule has 0 bridgehead atoms. The van der Waals surface area contributed by atoms with Gasteiger partial charge in [0.25, 0.3) is 11.8 Å². The Morgan fingerprint density at radius 1 is 0.821 bits per heavy atom. The van der Waals surface area contributed by atoms with Gasteiger partial charge >= 0.3 is 0 Å². The summed E-state index contributed by atoms with van der Waals surface area (Å²) >= 11 is 0. The third-order valence-corrected chi connectivity index (χ3v) is 7.12. The summed E-state index contributed by atoms with van der Waals surface area (Å²) < 4.78 is 26.8. The van der Waals surface area contributed by atoms with E-state index in [1.165, 1.54) is 9.21 Å². The van der Waals surface area contributed by atoms with Gasteiger partial charge in [0.2, 0.25) is 10.0 Å². The van der Waals surface area contributed by atoms with Crippen molar-refractivity contribution in [1.82, 2.24) is 9.21 Å². The third kappa shape index (κ3) is 3.58. The molecule has 1 saturated heterocycles. The first-order valence-electron chi connectivity index (χ1n) is 9.26. The van der Waals surface area contributed by atoms with Crippen molar-refractivity contribution in [1.29, 1.82) is 0 Å². The standard InChI is InChI=1S/C20H21N3O4S/c24-19-17-8-4-5-9-18(17)20(25)23(19)15-21-10-12-22(13-11-21)28(26,27)14-16-6-2-1-3-7-16/h1-9H,10-15H2/p+1. The second-order valence-electron chi connectivity index (χ2n) is 7.13. The molecule has 2 aliphatic heterocycles. The van der Waals surface area contributed by atoms with Crippen molar-refractivity contribution in [2.45, 2.75) is 5.75 Å². The smallest absolute Gasteiger partial charge is 0.265 e. The maximum absolute atomic E-state index is 12.7. The van der Waals surface area contributed by atoms with Gasteiger partial charge in [0.1, 0.15) is 0 Å². The molecule has 2 aromatic rings. The van der Waals surface area contributed by atoms with Crippen LogP contribution in [0.2, 0.25) is 0 Å². The molecule has 146 valence electrons. The highest BCUT2D eigenvalue weighted by Crippen LogP contribution is 2.21. The molecule has 2 aliphatic rings. The number of nitrogens with one attached hydrogen (secondary N) is 1. The van der Waals surface area contributed by atoms with Crippen LogP contribution < -0.4 is 4.90 Å². The van der Waals surface area contributed by atoms with Gasteiger partial charge in [-0.1, -0.05) is 42.5 Å². The van der Waals surface area contributed by atoms with Crippen molar-refractivity contribution in [3.63, 3.8) is 0 Å². The lowest BCUT2D eigenvalue weighted by molar-refractivity contribution is -0.910. The summed E-state index contributed by atoms with van der Waals surface area (Å²) in [4.78, 5) is 27.3. The van der Waals surface area contributed by atoms with Gasteiger partial charge < -0.3 is 4.90 Å². The molecule has 7 nitrogen and oxygen atoms in total. The van der Waals surface area contributed by atoms with Crippen molar-refractivity contribution < 1.29 is 22.9 Å². The summed E-state index contributed by atoms with van der Waals surface area (Å²) in [7, 11) is -3.38. The molecule has 8 heteroatoms. The van der Waals surface area contributed by atoms with Crippen molar-refractivity contribution in [3.05, 3.63) is 71.3 Å². The van der Waals surface area contributed by atoms with E-state index in [-0.39, 0.29) is 24.2 Å². The molecule has 0 atom stereocenters. The van der Waals surface area contributed by atoms with Crippen LogP contribution in [0.15, 0.2) is 54.6 Å². The molecule has 2 amide bonds. The predicted octanol–water partition coefficient (Wildman–Crippen LogP) is -0.0294. The summed E-state index contributed by atoms with van der Waals surface area (Å²) in [5.41, 5.74) is 1.65. The summed E-state index contributed by atoms with van der Waals surface area (Å²) in [6, 6.07) is 16.0. The van der Waals surface area contributed by atoms with Gasteiger partial charge in [-0.3, -0.25) is 9.59 Å². The minimum absolute atomic E-state index is 0.0123. The van der Waals surface area contributed by atoms with Crippen LogP contribution in [0.1, 0.15) is 26.3 Å². The Labute approximate surface area is 164 Å². The summed E-state index contributed by atoms with van der Waals surface area (Å²) in [6.45, 7) is 2.14. The van der Waals surface area contributed by atoms with Gasteiger partial charge in [0.05, 0.1) is 43.1 Å². The van der Waals surface area contributed by atoms with E-state index in [4.69, 9.17) is 0 Å². The zero-order valence-corrected chi connectivity index (χ0v) is 16.2. The van der Waals surface area contributed by atoms with Crippen LogP contribution in [0.3, 0.4) is 0 Å². The molecule has 0 radical (unpaired) electrons. The highest BCUT2D eigenvalue weighted by Gasteiger charge is 2.38. The van der Waals surface area contributed by atoms with Gasteiger partial charge in [-0.2, -0.15) is 4.31 Å². The minimum atomic E-state index is -3.38. The number of hydrogen-bond donors (Lipinski definition) is 1. The summed E-state index contributed by atoms with van der Waals surface area (Å²) in [6.07, 6.45) is 0. The number of benzene rings is 2. The number of quaternary nitrogens is 1. The molecule has 1 fully saturated rings. The van der Waals surface area contributed by atoms with E-state index in [0.29, 0.717) is 37.3 Å². The SMILES string of the molecule is O=C1c2ccccc2C(=O)N1C[NH+]1CCN(S(=O)(=O)Cc2ccccc2)CC1. The van der Waals surface area contributed by atoms with E-state index in [1.54, 1.807) is 36.4 Å².